The van der Waals surface area contributed by atoms with Crippen molar-refractivity contribution in [3.05, 3.63) is 0 Å². The van der Waals surface area contributed by atoms with Crippen LogP contribution in [0.2, 0.25) is 0 Å². The van der Waals surface area contributed by atoms with Gasteiger partial charge in [0.1, 0.15) is 6.10 Å². The van der Waals surface area contributed by atoms with Crippen LogP contribution in [0.15, 0.2) is 0 Å². The standard InChI is InChI=1S/C7H12O/c1-4-7(8)5-6(2)3/h1,6-8H,5H2,2-3H3. The van der Waals surface area contributed by atoms with Crippen LogP contribution in [0.4, 0.5) is 0 Å². The molecule has 0 fully saturated rings. The minimum Gasteiger partial charge on any atom is -0.380 e. The fraction of sp³-hybridized carbons (Fsp3) is 0.714. The summed E-state index contributed by atoms with van der Waals surface area (Å²) in [5, 5.41) is 8.79. The molecule has 0 saturated heterocycles. The molecule has 0 aromatic carbocycles. The van der Waals surface area contributed by atoms with Crippen molar-refractivity contribution >= 4 is 0 Å². The second-order valence-corrected chi connectivity index (χ2v) is 2.31. The van der Waals surface area contributed by atoms with E-state index in [-0.39, 0.29) is 0 Å². The van der Waals surface area contributed by atoms with E-state index < -0.39 is 6.10 Å². The Morgan fingerprint density at radius 3 is 2.25 bits per heavy atom. The first kappa shape index (κ1) is 7.52. The van der Waals surface area contributed by atoms with Crippen molar-refractivity contribution in [2.24, 2.45) is 5.92 Å². The van der Waals surface area contributed by atoms with E-state index in [0.29, 0.717) is 12.3 Å². The van der Waals surface area contributed by atoms with Crippen LogP contribution in [-0.2, 0) is 0 Å². The molecule has 1 atom stereocenters. The normalized spacial score (nSPS) is 13.4. The summed E-state index contributed by atoms with van der Waals surface area (Å²) >= 11 is 0. The molecule has 8 heavy (non-hydrogen) atoms. The smallest absolute Gasteiger partial charge is 0.114 e. The van der Waals surface area contributed by atoms with Gasteiger partial charge in [0.15, 0.2) is 0 Å². The summed E-state index contributed by atoms with van der Waals surface area (Å²) in [6.45, 7) is 4.06. The summed E-state index contributed by atoms with van der Waals surface area (Å²) in [6, 6.07) is 0. The van der Waals surface area contributed by atoms with Crippen LogP contribution in [0.1, 0.15) is 20.3 Å². The van der Waals surface area contributed by atoms with Gasteiger partial charge in [-0.15, -0.1) is 6.42 Å². The van der Waals surface area contributed by atoms with Crippen molar-refractivity contribution in [2.45, 2.75) is 26.4 Å². The maximum absolute atomic E-state index is 8.79. The molecule has 1 N–H and O–H groups in total. The Kier molecular flexibility index (Phi) is 3.30. The zero-order valence-corrected chi connectivity index (χ0v) is 5.39. The van der Waals surface area contributed by atoms with Crippen molar-refractivity contribution in [3.63, 3.8) is 0 Å². The third-order valence-corrected chi connectivity index (χ3v) is 0.887. The Labute approximate surface area is 50.7 Å². The SMILES string of the molecule is C#CC(O)CC(C)C. The lowest BCUT2D eigenvalue weighted by Crippen LogP contribution is -2.05. The van der Waals surface area contributed by atoms with E-state index in [2.05, 4.69) is 5.92 Å². The van der Waals surface area contributed by atoms with Gasteiger partial charge in [-0.2, -0.15) is 0 Å². The molecule has 0 radical (unpaired) electrons. The third kappa shape index (κ3) is 3.70. The fourth-order valence-electron chi connectivity index (χ4n) is 0.515. The second-order valence-electron chi connectivity index (χ2n) is 2.31. The summed E-state index contributed by atoms with van der Waals surface area (Å²) < 4.78 is 0. The Bertz CT molecular complexity index is 89.1. The molecule has 0 amide bonds. The van der Waals surface area contributed by atoms with Crippen molar-refractivity contribution in [1.29, 1.82) is 0 Å². The molecular weight excluding hydrogens is 100 g/mol. The Morgan fingerprint density at radius 1 is 1.62 bits per heavy atom. The highest BCUT2D eigenvalue weighted by Gasteiger charge is 2.00. The number of rotatable bonds is 2. The van der Waals surface area contributed by atoms with Gasteiger partial charge in [-0.05, 0) is 12.3 Å². The van der Waals surface area contributed by atoms with Gasteiger partial charge in [0.2, 0.25) is 0 Å². The fourth-order valence-corrected chi connectivity index (χ4v) is 0.515. The highest BCUT2D eigenvalue weighted by molar-refractivity contribution is 4.93. The van der Waals surface area contributed by atoms with Gasteiger partial charge in [0.05, 0.1) is 0 Å². The molecule has 1 heteroatoms. The molecule has 0 aromatic heterocycles. The van der Waals surface area contributed by atoms with E-state index >= 15 is 0 Å². The average molecular weight is 112 g/mol. The van der Waals surface area contributed by atoms with Crippen LogP contribution in [-0.4, -0.2) is 11.2 Å². The number of hydrogen-bond acceptors (Lipinski definition) is 1. The highest BCUT2D eigenvalue weighted by Crippen LogP contribution is 2.02. The number of hydrogen-bond donors (Lipinski definition) is 1. The largest absolute Gasteiger partial charge is 0.380 e. The van der Waals surface area contributed by atoms with Crippen LogP contribution in [0.5, 0.6) is 0 Å². The number of terminal acetylenes is 1. The van der Waals surface area contributed by atoms with E-state index in [1.54, 1.807) is 0 Å². The molecule has 0 rings (SSSR count). The average Bonchev–Trinajstić information content (AvgIpc) is 1.65. The van der Waals surface area contributed by atoms with E-state index in [4.69, 9.17) is 11.5 Å². The number of aliphatic hydroxyl groups excluding tert-OH is 1. The molecule has 0 aliphatic carbocycles. The van der Waals surface area contributed by atoms with Gasteiger partial charge in [-0.25, -0.2) is 0 Å². The predicted molar refractivity (Wildman–Crippen MR) is 34.3 cm³/mol. The van der Waals surface area contributed by atoms with Crippen LogP contribution in [0, 0.1) is 18.3 Å². The van der Waals surface area contributed by atoms with Crippen LogP contribution in [0.3, 0.4) is 0 Å². The van der Waals surface area contributed by atoms with Crippen molar-refractivity contribution in [1.82, 2.24) is 0 Å². The second kappa shape index (κ2) is 3.51. The van der Waals surface area contributed by atoms with Crippen molar-refractivity contribution in [2.75, 3.05) is 0 Å². The van der Waals surface area contributed by atoms with Gasteiger partial charge in [0.25, 0.3) is 0 Å². The predicted octanol–water partition coefficient (Wildman–Crippen LogP) is 1.03. The topological polar surface area (TPSA) is 20.2 Å². The molecule has 0 bridgehead atoms. The van der Waals surface area contributed by atoms with E-state index in [9.17, 15) is 0 Å². The molecule has 0 spiro atoms. The Morgan fingerprint density at radius 2 is 2.12 bits per heavy atom. The Balaban J connectivity index is 3.28. The quantitative estimate of drug-likeness (QED) is 0.529. The minimum absolute atomic E-state index is 0.487. The molecule has 0 aliphatic heterocycles. The minimum atomic E-state index is -0.546. The van der Waals surface area contributed by atoms with Gasteiger partial charge in [-0.1, -0.05) is 19.8 Å². The summed E-state index contributed by atoms with van der Waals surface area (Å²) in [5.41, 5.74) is 0. The lowest BCUT2D eigenvalue weighted by atomic mass is 10.1. The highest BCUT2D eigenvalue weighted by atomic mass is 16.3. The number of aliphatic hydroxyl groups is 1. The summed E-state index contributed by atoms with van der Waals surface area (Å²) in [5.74, 6) is 2.74. The third-order valence-electron chi connectivity index (χ3n) is 0.887. The zero-order chi connectivity index (χ0) is 6.57. The van der Waals surface area contributed by atoms with Gasteiger partial charge >= 0.3 is 0 Å². The van der Waals surface area contributed by atoms with Gasteiger partial charge in [0, 0.05) is 0 Å². The molecule has 46 valence electrons. The van der Waals surface area contributed by atoms with Gasteiger partial charge < -0.3 is 5.11 Å². The molecular formula is C7H12O. The molecule has 1 nitrogen and oxygen atoms in total. The monoisotopic (exact) mass is 112 g/mol. The van der Waals surface area contributed by atoms with E-state index in [1.165, 1.54) is 0 Å². The first-order valence-electron chi connectivity index (χ1n) is 2.81. The lowest BCUT2D eigenvalue weighted by molar-refractivity contribution is 0.204. The molecule has 1 unspecified atom stereocenters. The summed E-state index contributed by atoms with van der Waals surface area (Å²) in [7, 11) is 0. The van der Waals surface area contributed by atoms with Crippen LogP contribution in [0.25, 0.3) is 0 Å². The lowest BCUT2D eigenvalue weighted by Gasteiger charge is -2.04. The summed E-state index contributed by atoms with van der Waals surface area (Å²) in [4.78, 5) is 0. The maximum atomic E-state index is 8.79. The van der Waals surface area contributed by atoms with Crippen LogP contribution < -0.4 is 0 Å². The molecule has 0 aromatic rings. The van der Waals surface area contributed by atoms with E-state index in [1.807, 2.05) is 13.8 Å². The molecule has 0 heterocycles. The first-order valence-corrected chi connectivity index (χ1v) is 2.81. The Hall–Kier alpha value is -0.480. The maximum Gasteiger partial charge on any atom is 0.114 e. The van der Waals surface area contributed by atoms with Crippen molar-refractivity contribution in [3.8, 4) is 12.3 Å². The molecule has 0 saturated carbocycles. The zero-order valence-electron chi connectivity index (χ0n) is 5.39. The van der Waals surface area contributed by atoms with E-state index in [0.717, 1.165) is 0 Å². The molecule has 0 aliphatic rings. The first-order chi connectivity index (χ1) is 3.66. The summed E-state index contributed by atoms with van der Waals surface area (Å²) in [6.07, 6.45) is 5.08. The van der Waals surface area contributed by atoms with Gasteiger partial charge in [-0.3, -0.25) is 0 Å². The van der Waals surface area contributed by atoms with Crippen LogP contribution >= 0.6 is 0 Å². The van der Waals surface area contributed by atoms with Crippen molar-refractivity contribution < 1.29 is 5.11 Å².